The predicted molar refractivity (Wildman–Crippen MR) is 92.1 cm³/mol. The molecule has 116 valence electrons. The molecule has 0 radical (unpaired) electrons. The lowest BCUT2D eigenvalue weighted by atomic mass is 10.1. The van der Waals surface area contributed by atoms with E-state index in [0.717, 1.165) is 36.0 Å². The highest BCUT2D eigenvalue weighted by atomic mass is 16.2. The van der Waals surface area contributed by atoms with Crippen molar-refractivity contribution in [2.24, 2.45) is 4.99 Å². The third-order valence-corrected chi connectivity index (χ3v) is 2.92. The quantitative estimate of drug-likeness (QED) is 0.417. The Bertz CT molecular complexity index is 583. The normalized spacial score (nSPS) is 9.18. The number of anilines is 2. The number of aliphatic hydroxyl groups is 1. The van der Waals surface area contributed by atoms with Crippen LogP contribution in [0, 0.1) is 0 Å². The fourth-order valence-electron chi connectivity index (χ4n) is 1.86. The minimum absolute atomic E-state index is 0.455. The van der Waals surface area contributed by atoms with Crippen LogP contribution in [0.3, 0.4) is 0 Å². The largest absolute Gasteiger partial charge is 0.400 e. The monoisotopic (exact) mass is 299 g/mol. The smallest absolute Gasteiger partial charge is 0.124 e. The maximum Gasteiger partial charge on any atom is 0.124 e. The second kappa shape index (κ2) is 10.1. The molecule has 0 spiro atoms. The van der Waals surface area contributed by atoms with Gasteiger partial charge in [0.2, 0.25) is 0 Å². The van der Waals surface area contributed by atoms with Gasteiger partial charge in [-0.3, -0.25) is 4.99 Å². The summed E-state index contributed by atoms with van der Waals surface area (Å²) in [5.41, 5.74) is 3.78. The standard InChI is InChI=1S/C16H17N3O.CH4O/c1-17-15-4-2-3-5-16(15)19-12-18-14-8-6-13(7-9-14)10-11-20;1-2/h2-9,11,18-19H,1,10,12H2;2H,1H3. The minimum atomic E-state index is 0.455. The first-order chi connectivity index (χ1) is 10.8. The number of aliphatic hydroxyl groups excluding tert-OH is 1. The first-order valence-electron chi connectivity index (χ1n) is 6.84. The van der Waals surface area contributed by atoms with Crippen LogP contribution in [0.5, 0.6) is 0 Å². The minimum Gasteiger partial charge on any atom is -0.400 e. The summed E-state index contributed by atoms with van der Waals surface area (Å²) in [6.45, 7) is 4.13. The number of aldehydes is 1. The zero-order valence-electron chi connectivity index (χ0n) is 12.6. The van der Waals surface area contributed by atoms with Crippen LogP contribution in [0.2, 0.25) is 0 Å². The summed E-state index contributed by atoms with van der Waals surface area (Å²) in [5.74, 6) is 0. The van der Waals surface area contributed by atoms with E-state index in [4.69, 9.17) is 5.11 Å². The van der Waals surface area contributed by atoms with Crippen LogP contribution in [-0.4, -0.2) is 31.9 Å². The van der Waals surface area contributed by atoms with Crippen molar-refractivity contribution in [2.75, 3.05) is 24.4 Å². The van der Waals surface area contributed by atoms with Crippen molar-refractivity contribution in [3.63, 3.8) is 0 Å². The van der Waals surface area contributed by atoms with Gasteiger partial charge >= 0.3 is 0 Å². The number of rotatable bonds is 7. The Morgan fingerprint density at radius 2 is 1.77 bits per heavy atom. The molecule has 0 aliphatic carbocycles. The van der Waals surface area contributed by atoms with E-state index in [9.17, 15) is 4.79 Å². The molecule has 0 aliphatic heterocycles. The molecule has 0 aliphatic rings. The average molecular weight is 299 g/mol. The van der Waals surface area contributed by atoms with E-state index in [1.54, 1.807) is 0 Å². The fraction of sp³-hybridized carbons (Fsp3) is 0.176. The number of aliphatic imine (C=N–C) groups is 1. The van der Waals surface area contributed by atoms with E-state index >= 15 is 0 Å². The molecule has 0 bridgehead atoms. The van der Waals surface area contributed by atoms with E-state index in [1.807, 2.05) is 48.5 Å². The number of nitrogens with one attached hydrogen (secondary N) is 2. The SMILES string of the molecule is C=Nc1ccccc1NCNc1ccc(CC=O)cc1.CO. The van der Waals surface area contributed by atoms with E-state index in [0.29, 0.717) is 13.1 Å². The number of hydrogen-bond donors (Lipinski definition) is 3. The van der Waals surface area contributed by atoms with Gasteiger partial charge in [-0.25, -0.2) is 0 Å². The summed E-state index contributed by atoms with van der Waals surface area (Å²) in [7, 11) is 1.00. The maximum absolute atomic E-state index is 10.4. The molecule has 2 aromatic rings. The highest BCUT2D eigenvalue weighted by Gasteiger charge is 1.98. The first kappa shape index (κ1) is 17.4. The van der Waals surface area contributed by atoms with Crippen LogP contribution in [0.25, 0.3) is 0 Å². The molecule has 0 fully saturated rings. The first-order valence-corrected chi connectivity index (χ1v) is 6.84. The van der Waals surface area contributed by atoms with Gasteiger partial charge in [0, 0.05) is 19.2 Å². The number of nitrogens with zero attached hydrogens (tertiary/aromatic N) is 1. The second-order valence-corrected chi connectivity index (χ2v) is 4.27. The lowest BCUT2D eigenvalue weighted by molar-refractivity contribution is -0.107. The van der Waals surface area contributed by atoms with Gasteiger partial charge in [0.25, 0.3) is 0 Å². The zero-order valence-corrected chi connectivity index (χ0v) is 12.6. The van der Waals surface area contributed by atoms with Crippen LogP contribution in [-0.2, 0) is 11.2 Å². The van der Waals surface area contributed by atoms with Gasteiger partial charge in [-0.15, -0.1) is 0 Å². The molecular weight excluding hydrogens is 278 g/mol. The van der Waals surface area contributed by atoms with Crippen molar-refractivity contribution < 1.29 is 9.90 Å². The van der Waals surface area contributed by atoms with Crippen molar-refractivity contribution in [3.8, 4) is 0 Å². The molecule has 0 atom stereocenters. The van der Waals surface area contributed by atoms with E-state index in [2.05, 4.69) is 22.3 Å². The van der Waals surface area contributed by atoms with Crippen molar-refractivity contribution in [1.29, 1.82) is 0 Å². The van der Waals surface area contributed by atoms with Crippen molar-refractivity contribution >= 4 is 30.1 Å². The van der Waals surface area contributed by atoms with Gasteiger partial charge in [0.05, 0.1) is 18.0 Å². The van der Waals surface area contributed by atoms with Crippen LogP contribution in [0.4, 0.5) is 17.1 Å². The molecule has 5 nitrogen and oxygen atoms in total. The third kappa shape index (κ3) is 5.38. The van der Waals surface area contributed by atoms with Crippen LogP contribution in [0.1, 0.15) is 5.56 Å². The molecule has 2 rings (SSSR count). The number of benzene rings is 2. The Morgan fingerprint density at radius 1 is 1.09 bits per heavy atom. The average Bonchev–Trinajstić information content (AvgIpc) is 2.59. The summed E-state index contributed by atoms with van der Waals surface area (Å²) in [6.07, 6.45) is 1.36. The summed E-state index contributed by atoms with van der Waals surface area (Å²) < 4.78 is 0. The van der Waals surface area contributed by atoms with Crippen LogP contribution >= 0.6 is 0 Å². The Hall–Kier alpha value is -2.66. The topological polar surface area (TPSA) is 73.7 Å². The molecular formula is C17H21N3O2. The van der Waals surface area contributed by atoms with Crippen LogP contribution in [0.15, 0.2) is 53.5 Å². The number of hydrogen-bond acceptors (Lipinski definition) is 5. The second-order valence-electron chi connectivity index (χ2n) is 4.27. The Labute approximate surface area is 130 Å². The molecule has 0 amide bonds. The molecule has 22 heavy (non-hydrogen) atoms. The zero-order chi connectivity index (χ0) is 16.2. The summed E-state index contributed by atoms with van der Waals surface area (Å²) >= 11 is 0. The van der Waals surface area contributed by atoms with Gasteiger partial charge < -0.3 is 20.5 Å². The highest BCUT2D eigenvalue weighted by Crippen LogP contribution is 2.23. The van der Waals surface area contributed by atoms with Crippen molar-refractivity contribution in [3.05, 3.63) is 54.1 Å². The molecule has 5 heteroatoms. The molecule has 0 saturated heterocycles. The number of para-hydroxylation sites is 2. The molecule has 0 aromatic heterocycles. The maximum atomic E-state index is 10.4. The lowest BCUT2D eigenvalue weighted by Crippen LogP contribution is -2.11. The van der Waals surface area contributed by atoms with Gasteiger partial charge in [-0.05, 0) is 36.5 Å². The molecule has 0 unspecified atom stereocenters. The molecule has 3 N–H and O–H groups in total. The molecule has 2 aromatic carbocycles. The van der Waals surface area contributed by atoms with Gasteiger partial charge in [-0.2, -0.15) is 0 Å². The highest BCUT2D eigenvalue weighted by molar-refractivity contribution is 5.67. The Balaban J connectivity index is 0.00000116. The van der Waals surface area contributed by atoms with Crippen LogP contribution < -0.4 is 10.6 Å². The van der Waals surface area contributed by atoms with E-state index in [-0.39, 0.29) is 0 Å². The molecule has 0 saturated carbocycles. The van der Waals surface area contributed by atoms with E-state index < -0.39 is 0 Å². The summed E-state index contributed by atoms with van der Waals surface area (Å²) in [5, 5.41) is 13.5. The van der Waals surface area contributed by atoms with Gasteiger partial charge in [-0.1, -0.05) is 24.3 Å². The Morgan fingerprint density at radius 3 is 2.41 bits per heavy atom. The fourth-order valence-corrected chi connectivity index (χ4v) is 1.86. The van der Waals surface area contributed by atoms with Crippen molar-refractivity contribution in [2.45, 2.75) is 6.42 Å². The molecule has 0 heterocycles. The lowest BCUT2D eigenvalue weighted by Gasteiger charge is -2.11. The number of carbonyl (C=O) groups excluding carboxylic acids is 1. The van der Waals surface area contributed by atoms with E-state index in [1.165, 1.54) is 0 Å². The predicted octanol–water partition coefficient (Wildman–Crippen LogP) is 2.85. The van der Waals surface area contributed by atoms with Gasteiger partial charge in [0.15, 0.2) is 0 Å². The van der Waals surface area contributed by atoms with Gasteiger partial charge in [0.1, 0.15) is 6.29 Å². The summed E-state index contributed by atoms with van der Waals surface area (Å²) in [4.78, 5) is 14.4. The van der Waals surface area contributed by atoms with Crippen molar-refractivity contribution in [1.82, 2.24) is 0 Å². The third-order valence-electron chi connectivity index (χ3n) is 2.92. The summed E-state index contributed by atoms with van der Waals surface area (Å²) in [6, 6.07) is 15.5. The number of carbonyl (C=O) groups is 1. The Kier molecular flexibility index (Phi) is 8.00.